The smallest absolute Gasteiger partial charge is 0.168 e. The Hall–Kier alpha value is -4.00. The number of aryl methyl sites for hydroxylation is 1. The number of carbonyl (C=O) groups excluding carboxylic acids is 1. The summed E-state index contributed by atoms with van der Waals surface area (Å²) in [7, 11) is 1.91. The molecule has 0 radical (unpaired) electrons. The maximum absolute atomic E-state index is 10.8. The monoisotopic (exact) mass is 440 g/mol. The lowest BCUT2D eigenvalue weighted by Gasteiger charge is -2.37. The van der Waals surface area contributed by atoms with Crippen LogP contribution >= 0.6 is 0 Å². The molecule has 1 saturated heterocycles. The van der Waals surface area contributed by atoms with E-state index in [-0.39, 0.29) is 0 Å². The zero-order chi connectivity index (χ0) is 23.0. The second-order valence-electron chi connectivity index (χ2n) is 7.81. The van der Waals surface area contributed by atoms with Gasteiger partial charge in [-0.15, -0.1) is 0 Å². The Kier molecular flexibility index (Phi) is 7.09. The van der Waals surface area contributed by atoms with Gasteiger partial charge in [-0.05, 0) is 42.8 Å². The van der Waals surface area contributed by atoms with E-state index in [1.54, 1.807) is 6.20 Å². The number of pyridine rings is 3. The second-order valence-corrected chi connectivity index (χ2v) is 7.81. The molecule has 4 heterocycles. The molecule has 0 spiro atoms. The van der Waals surface area contributed by atoms with Gasteiger partial charge in [0.2, 0.25) is 0 Å². The highest BCUT2D eigenvalue weighted by molar-refractivity contribution is 5.89. The van der Waals surface area contributed by atoms with Crippen LogP contribution in [0.5, 0.6) is 0 Å². The summed E-state index contributed by atoms with van der Waals surface area (Å²) < 4.78 is 0. The van der Waals surface area contributed by atoms with Crippen molar-refractivity contribution in [2.75, 3.05) is 48.3 Å². The average Bonchev–Trinajstić information content (AvgIpc) is 2.89. The first-order chi connectivity index (χ1) is 16.2. The fraction of sp³-hybridized carbons (Fsp3) is 0.231. The number of nitrogens with zero attached hydrogens (tertiary/aromatic N) is 5. The van der Waals surface area contributed by atoms with Crippen molar-refractivity contribution in [3.05, 3.63) is 84.4 Å². The topological polar surface area (TPSA) is 74.2 Å². The molecular weight excluding hydrogens is 412 g/mol. The summed E-state index contributed by atoms with van der Waals surface area (Å²) in [5.74, 6) is 1.07. The van der Waals surface area contributed by atoms with Crippen LogP contribution in [0.25, 0.3) is 10.9 Å². The fourth-order valence-electron chi connectivity index (χ4n) is 3.99. The van der Waals surface area contributed by atoms with E-state index in [2.05, 4.69) is 55.2 Å². The van der Waals surface area contributed by atoms with E-state index in [0.29, 0.717) is 5.69 Å². The molecule has 1 aliphatic rings. The Balaban J connectivity index is 0.000000183. The minimum Gasteiger partial charge on any atom is -0.386 e. The maximum atomic E-state index is 10.8. The summed E-state index contributed by atoms with van der Waals surface area (Å²) in [4.78, 5) is 28.2. The van der Waals surface area contributed by atoms with Gasteiger partial charge in [0.1, 0.15) is 11.5 Å². The molecule has 1 fully saturated rings. The van der Waals surface area contributed by atoms with Crippen molar-refractivity contribution in [1.29, 1.82) is 0 Å². The number of hydrogen-bond donors (Lipinski definition) is 1. The molecule has 1 aromatic carbocycles. The minimum atomic E-state index is 0.482. The van der Waals surface area contributed by atoms with E-state index >= 15 is 0 Å². The Bertz CT molecular complexity index is 1210. The third-order valence-corrected chi connectivity index (χ3v) is 5.71. The molecule has 33 heavy (non-hydrogen) atoms. The molecule has 0 atom stereocenters. The molecule has 1 aliphatic heterocycles. The average molecular weight is 441 g/mol. The highest BCUT2D eigenvalue weighted by Gasteiger charge is 2.19. The van der Waals surface area contributed by atoms with E-state index in [0.717, 1.165) is 55.2 Å². The molecule has 3 aromatic heterocycles. The summed E-state index contributed by atoms with van der Waals surface area (Å²) in [6.45, 7) is 5.78. The summed E-state index contributed by atoms with van der Waals surface area (Å²) >= 11 is 0. The van der Waals surface area contributed by atoms with Crippen molar-refractivity contribution in [3.63, 3.8) is 0 Å². The Morgan fingerprint density at radius 1 is 0.848 bits per heavy atom. The van der Waals surface area contributed by atoms with E-state index < -0.39 is 0 Å². The zero-order valence-corrected chi connectivity index (χ0v) is 19.0. The molecule has 4 aromatic rings. The van der Waals surface area contributed by atoms with Crippen molar-refractivity contribution in [3.8, 4) is 0 Å². The van der Waals surface area contributed by atoms with Crippen LogP contribution < -0.4 is 15.1 Å². The number of carbonyl (C=O) groups is 1. The molecule has 0 amide bonds. The maximum Gasteiger partial charge on any atom is 0.168 e. The molecule has 0 aliphatic carbocycles. The fourth-order valence-corrected chi connectivity index (χ4v) is 3.99. The van der Waals surface area contributed by atoms with Crippen molar-refractivity contribution in [2.24, 2.45) is 0 Å². The van der Waals surface area contributed by atoms with Crippen LogP contribution in [0.2, 0.25) is 0 Å². The number of aldehydes is 1. The lowest BCUT2D eigenvalue weighted by atomic mass is 10.2. The van der Waals surface area contributed by atoms with Crippen LogP contribution in [-0.2, 0) is 0 Å². The summed E-state index contributed by atoms with van der Waals surface area (Å²) in [5.41, 5.74) is 4.86. The second kappa shape index (κ2) is 10.5. The van der Waals surface area contributed by atoms with E-state index in [4.69, 9.17) is 0 Å². The quantitative estimate of drug-likeness (QED) is 0.477. The van der Waals surface area contributed by atoms with Gasteiger partial charge in [0, 0.05) is 62.9 Å². The standard InChI is InChI=1S/C16H18N4O.C10H10N2/c1-13-3-2-5-18-16(13)20-9-7-19(8-10-20)15-4-6-17-14(11-15)12-21;1-11-9-6-2-4-8-5-3-7-12-10(8)9/h2-6,11-12H,7-10H2,1H3;2-7,11H,1H3. The molecular formula is C26H28N6O. The van der Waals surface area contributed by atoms with E-state index in [9.17, 15) is 4.79 Å². The Morgan fingerprint density at radius 3 is 2.33 bits per heavy atom. The number of nitrogens with one attached hydrogen (secondary N) is 1. The van der Waals surface area contributed by atoms with E-state index in [1.165, 1.54) is 10.9 Å². The summed E-state index contributed by atoms with van der Waals surface area (Å²) in [6, 6.07) is 18.0. The molecule has 7 heteroatoms. The number of benzene rings is 1. The van der Waals surface area contributed by atoms with Crippen molar-refractivity contribution >= 4 is 34.4 Å². The number of para-hydroxylation sites is 1. The third kappa shape index (κ3) is 5.26. The van der Waals surface area contributed by atoms with Gasteiger partial charge in [-0.2, -0.15) is 0 Å². The van der Waals surface area contributed by atoms with Gasteiger partial charge in [0.05, 0.1) is 11.2 Å². The summed E-state index contributed by atoms with van der Waals surface area (Å²) in [5, 5.41) is 4.28. The number of hydrogen-bond acceptors (Lipinski definition) is 7. The first kappa shape index (κ1) is 22.2. The van der Waals surface area contributed by atoms with Crippen LogP contribution in [-0.4, -0.2) is 54.5 Å². The first-order valence-corrected chi connectivity index (χ1v) is 11.0. The SMILES string of the molecule is CNc1cccc2cccnc12.Cc1cccnc1N1CCN(c2ccnc(C=O)c2)CC1. The van der Waals surface area contributed by atoms with Gasteiger partial charge < -0.3 is 15.1 Å². The largest absolute Gasteiger partial charge is 0.386 e. The van der Waals surface area contributed by atoms with Crippen LogP contribution in [0.3, 0.4) is 0 Å². The number of piperazine rings is 1. The number of anilines is 3. The van der Waals surface area contributed by atoms with Crippen molar-refractivity contribution in [2.45, 2.75) is 6.92 Å². The van der Waals surface area contributed by atoms with E-state index in [1.807, 2.05) is 55.8 Å². The highest BCUT2D eigenvalue weighted by Crippen LogP contribution is 2.21. The Morgan fingerprint density at radius 2 is 1.58 bits per heavy atom. The van der Waals surface area contributed by atoms with Gasteiger partial charge in [-0.25, -0.2) is 4.98 Å². The van der Waals surface area contributed by atoms with Crippen molar-refractivity contribution < 1.29 is 4.79 Å². The lowest BCUT2D eigenvalue weighted by Crippen LogP contribution is -2.47. The minimum absolute atomic E-state index is 0.482. The van der Waals surface area contributed by atoms with Crippen LogP contribution in [0.15, 0.2) is 73.2 Å². The normalized spacial score (nSPS) is 13.3. The first-order valence-electron chi connectivity index (χ1n) is 11.0. The molecule has 0 bridgehead atoms. The predicted octanol–water partition coefficient (Wildman–Crippen LogP) is 4.20. The molecule has 168 valence electrons. The molecule has 0 saturated carbocycles. The number of aromatic nitrogens is 3. The summed E-state index contributed by atoms with van der Waals surface area (Å²) in [6.07, 6.45) is 6.13. The number of rotatable bonds is 4. The number of fused-ring (bicyclic) bond motifs is 1. The predicted molar refractivity (Wildman–Crippen MR) is 134 cm³/mol. The molecule has 1 N–H and O–H groups in total. The molecule has 5 rings (SSSR count). The van der Waals surface area contributed by atoms with Gasteiger partial charge >= 0.3 is 0 Å². The molecule has 7 nitrogen and oxygen atoms in total. The van der Waals surface area contributed by atoms with Gasteiger partial charge in [-0.3, -0.25) is 14.8 Å². The van der Waals surface area contributed by atoms with Gasteiger partial charge in [0.25, 0.3) is 0 Å². The highest BCUT2D eigenvalue weighted by atomic mass is 16.1. The lowest BCUT2D eigenvalue weighted by molar-refractivity contribution is 0.111. The van der Waals surface area contributed by atoms with Gasteiger partial charge in [0.15, 0.2) is 6.29 Å². The molecule has 0 unspecified atom stereocenters. The van der Waals surface area contributed by atoms with Crippen LogP contribution in [0.4, 0.5) is 17.2 Å². The zero-order valence-electron chi connectivity index (χ0n) is 19.0. The van der Waals surface area contributed by atoms with Crippen LogP contribution in [0, 0.1) is 6.92 Å². The third-order valence-electron chi connectivity index (χ3n) is 5.71. The van der Waals surface area contributed by atoms with Gasteiger partial charge in [-0.1, -0.05) is 24.3 Å². The van der Waals surface area contributed by atoms with Crippen LogP contribution in [0.1, 0.15) is 16.1 Å². The Labute approximate surface area is 194 Å². The van der Waals surface area contributed by atoms with Crippen molar-refractivity contribution in [1.82, 2.24) is 15.0 Å².